The molecule has 108 valence electrons. The smallest absolute Gasteiger partial charge is 0.190 e. The average molecular weight is 281 g/mol. The van der Waals surface area contributed by atoms with E-state index < -0.39 is 11.7 Å². The maximum absolute atomic E-state index is 14.5. The van der Waals surface area contributed by atoms with Crippen LogP contribution in [0.4, 0.5) is 14.6 Å². The number of anilines is 1. The normalized spacial score (nSPS) is 22.1. The van der Waals surface area contributed by atoms with Crippen LogP contribution in [0, 0.1) is 0 Å². The van der Waals surface area contributed by atoms with Gasteiger partial charge in [0.15, 0.2) is 11.6 Å². The first-order valence-electron chi connectivity index (χ1n) is 6.40. The molecule has 20 heavy (non-hydrogen) atoms. The van der Waals surface area contributed by atoms with E-state index >= 15 is 0 Å². The zero-order chi connectivity index (χ0) is 14.7. The van der Waals surface area contributed by atoms with Crippen molar-refractivity contribution in [2.75, 3.05) is 12.1 Å². The molecule has 2 heterocycles. The van der Waals surface area contributed by atoms with Gasteiger partial charge < -0.3 is 4.74 Å². The van der Waals surface area contributed by atoms with E-state index in [1.54, 1.807) is 38.2 Å². The van der Waals surface area contributed by atoms with Crippen LogP contribution in [0.3, 0.4) is 0 Å². The molecule has 6 heteroatoms. The lowest BCUT2D eigenvalue weighted by Crippen LogP contribution is -2.59. The number of nitrogens with one attached hydrogen (secondary N) is 1. The zero-order valence-corrected chi connectivity index (χ0v) is 11.7. The van der Waals surface area contributed by atoms with Gasteiger partial charge in [-0.1, -0.05) is 13.0 Å². The summed E-state index contributed by atoms with van der Waals surface area (Å²) in [5.41, 5.74) is 3.31. The maximum atomic E-state index is 14.5. The van der Waals surface area contributed by atoms with Crippen LogP contribution in [0.25, 0.3) is 0 Å². The quantitative estimate of drug-likeness (QED) is 0.860. The van der Waals surface area contributed by atoms with Crippen molar-refractivity contribution in [3.8, 4) is 0 Å². The third kappa shape index (κ3) is 2.51. The number of ether oxygens (including phenoxy) is 1. The minimum atomic E-state index is -0.705. The predicted molar refractivity (Wildman–Crippen MR) is 72.9 cm³/mol. The van der Waals surface area contributed by atoms with Gasteiger partial charge in [-0.15, -0.1) is 0 Å². The first kappa shape index (κ1) is 14.5. The van der Waals surface area contributed by atoms with Crippen molar-refractivity contribution in [1.29, 1.82) is 0 Å². The molecule has 1 unspecified atom stereocenters. The molecule has 4 nitrogen and oxygen atoms in total. The minimum Gasteiger partial charge on any atom is -0.491 e. The van der Waals surface area contributed by atoms with Crippen LogP contribution in [0.2, 0.25) is 0 Å². The molecule has 1 atom stereocenters. The number of aromatic nitrogens is 1. The second kappa shape index (κ2) is 6.00. The molecule has 1 aromatic rings. The van der Waals surface area contributed by atoms with Crippen molar-refractivity contribution in [2.24, 2.45) is 0 Å². The van der Waals surface area contributed by atoms with E-state index in [-0.39, 0.29) is 18.2 Å². The lowest BCUT2D eigenvalue weighted by Gasteiger charge is -2.42. The van der Waals surface area contributed by atoms with Crippen LogP contribution >= 0.6 is 0 Å². The van der Waals surface area contributed by atoms with E-state index in [9.17, 15) is 8.78 Å². The first-order chi connectivity index (χ1) is 9.60. The molecule has 0 aromatic carbocycles. The molecule has 1 aliphatic rings. The van der Waals surface area contributed by atoms with Gasteiger partial charge in [0, 0.05) is 12.6 Å². The molecular weight excluding hydrogens is 264 g/mol. The summed E-state index contributed by atoms with van der Waals surface area (Å²) in [4.78, 5) is 4.13. The molecule has 0 radical (unpaired) electrons. The molecule has 0 spiro atoms. The van der Waals surface area contributed by atoms with Crippen molar-refractivity contribution in [2.45, 2.75) is 26.3 Å². The number of rotatable bonds is 4. The Labute approximate surface area is 116 Å². The van der Waals surface area contributed by atoms with Crippen LogP contribution in [0.15, 0.2) is 47.5 Å². The molecule has 1 aromatic heterocycles. The summed E-state index contributed by atoms with van der Waals surface area (Å²) >= 11 is 0. The van der Waals surface area contributed by atoms with Gasteiger partial charge in [-0.3, -0.25) is 5.01 Å². The Morgan fingerprint density at radius 2 is 2.20 bits per heavy atom. The Balaban J connectivity index is 2.40. The highest BCUT2D eigenvalue weighted by atomic mass is 19.1. The van der Waals surface area contributed by atoms with Crippen LogP contribution in [0.5, 0.6) is 0 Å². The summed E-state index contributed by atoms with van der Waals surface area (Å²) in [7, 11) is 1.26. The summed E-state index contributed by atoms with van der Waals surface area (Å²) in [6.07, 6.45) is 1.69. The number of nitrogens with zero attached hydrogens (tertiary/aromatic N) is 2. The van der Waals surface area contributed by atoms with E-state index in [1.165, 1.54) is 12.1 Å². The van der Waals surface area contributed by atoms with E-state index in [0.29, 0.717) is 11.5 Å². The SMILES string of the molecule is CC/C(F)=C(OC)\C(F)=C1/C(C)NN1c1ccccn1. The highest BCUT2D eigenvalue weighted by Crippen LogP contribution is 2.33. The Morgan fingerprint density at radius 1 is 1.45 bits per heavy atom. The van der Waals surface area contributed by atoms with Gasteiger partial charge in [0.2, 0.25) is 0 Å². The fraction of sp³-hybridized carbons (Fsp3) is 0.357. The van der Waals surface area contributed by atoms with Crippen LogP contribution in [-0.4, -0.2) is 18.1 Å². The van der Waals surface area contributed by atoms with Crippen molar-refractivity contribution in [1.82, 2.24) is 10.4 Å². The van der Waals surface area contributed by atoms with Gasteiger partial charge in [-0.05, 0) is 19.1 Å². The topological polar surface area (TPSA) is 37.4 Å². The van der Waals surface area contributed by atoms with E-state index in [1.807, 2.05) is 0 Å². The molecule has 0 bridgehead atoms. The molecule has 2 rings (SSSR count). The Morgan fingerprint density at radius 3 is 2.70 bits per heavy atom. The van der Waals surface area contributed by atoms with E-state index in [2.05, 4.69) is 10.4 Å². The summed E-state index contributed by atoms with van der Waals surface area (Å²) < 4.78 is 33.0. The second-order valence-corrected chi connectivity index (χ2v) is 4.37. The lowest BCUT2D eigenvalue weighted by atomic mass is 10.1. The largest absolute Gasteiger partial charge is 0.491 e. The highest BCUT2D eigenvalue weighted by Gasteiger charge is 2.36. The van der Waals surface area contributed by atoms with Crippen LogP contribution in [-0.2, 0) is 4.74 Å². The third-order valence-electron chi connectivity index (χ3n) is 3.04. The molecule has 1 aliphatic heterocycles. The fourth-order valence-corrected chi connectivity index (χ4v) is 2.01. The Bertz CT molecular complexity index is 543. The minimum absolute atomic E-state index is 0.0786. The molecule has 1 N–H and O–H groups in total. The Kier molecular flexibility index (Phi) is 4.34. The predicted octanol–water partition coefficient (Wildman–Crippen LogP) is 3.21. The van der Waals surface area contributed by atoms with Gasteiger partial charge in [0.25, 0.3) is 0 Å². The molecule has 1 saturated heterocycles. The first-order valence-corrected chi connectivity index (χ1v) is 6.40. The number of methoxy groups -OCH3 is 1. The number of halogens is 2. The summed E-state index contributed by atoms with van der Waals surface area (Å²) in [6.45, 7) is 3.39. The van der Waals surface area contributed by atoms with Crippen molar-refractivity contribution < 1.29 is 13.5 Å². The number of hydrogen-bond acceptors (Lipinski definition) is 4. The maximum Gasteiger partial charge on any atom is 0.190 e. The van der Waals surface area contributed by atoms with E-state index in [4.69, 9.17) is 4.74 Å². The second-order valence-electron chi connectivity index (χ2n) is 4.37. The molecule has 0 saturated carbocycles. The van der Waals surface area contributed by atoms with E-state index in [0.717, 1.165) is 0 Å². The standard InChI is InChI=1S/C14H17F2N3O/c1-4-10(15)14(20-3)12(16)13-9(2)18-19(13)11-7-5-6-8-17-11/h5-9,18H,4H2,1-3H3/b13-12-,14-10-. The molecule has 0 amide bonds. The number of hydrazine groups is 1. The van der Waals surface area contributed by atoms with Gasteiger partial charge in [0.05, 0.1) is 18.8 Å². The number of pyridine rings is 1. The van der Waals surface area contributed by atoms with Gasteiger partial charge >= 0.3 is 0 Å². The highest BCUT2D eigenvalue weighted by molar-refractivity contribution is 5.53. The number of allylic oxidation sites excluding steroid dienone is 2. The summed E-state index contributed by atoms with van der Waals surface area (Å²) in [5, 5.41) is 1.49. The van der Waals surface area contributed by atoms with Gasteiger partial charge in [-0.2, -0.15) is 0 Å². The lowest BCUT2D eigenvalue weighted by molar-refractivity contribution is 0.259. The molecule has 1 fully saturated rings. The van der Waals surface area contributed by atoms with Crippen LogP contribution in [0.1, 0.15) is 20.3 Å². The van der Waals surface area contributed by atoms with Crippen molar-refractivity contribution >= 4 is 5.82 Å². The van der Waals surface area contributed by atoms with Crippen LogP contribution < -0.4 is 10.4 Å². The summed E-state index contributed by atoms with van der Waals surface area (Å²) in [6, 6.07) is 5.05. The van der Waals surface area contributed by atoms with Gasteiger partial charge in [-0.25, -0.2) is 19.2 Å². The average Bonchev–Trinajstić information content (AvgIpc) is 2.45. The fourth-order valence-electron chi connectivity index (χ4n) is 2.01. The monoisotopic (exact) mass is 281 g/mol. The molecule has 0 aliphatic carbocycles. The number of hydrogen-bond donors (Lipinski definition) is 1. The third-order valence-corrected chi connectivity index (χ3v) is 3.04. The summed E-state index contributed by atoms with van der Waals surface area (Å²) in [5.74, 6) is -1.12. The van der Waals surface area contributed by atoms with Crippen molar-refractivity contribution in [3.63, 3.8) is 0 Å². The molecular formula is C14H17F2N3O. The Hall–Kier alpha value is -1.95. The zero-order valence-electron chi connectivity index (χ0n) is 11.7. The van der Waals surface area contributed by atoms with Crippen molar-refractivity contribution in [3.05, 3.63) is 47.5 Å². The van der Waals surface area contributed by atoms with Gasteiger partial charge in [0.1, 0.15) is 11.6 Å².